The van der Waals surface area contributed by atoms with Crippen molar-refractivity contribution in [3.05, 3.63) is 90.5 Å². The average molecular weight is 646 g/mol. The Labute approximate surface area is 231 Å². The summed E-state index contributed by atoms with van der Waals surface area (Å²) in [5.41, 5.74) is 1.34. The van der Waals surface area contributed by atoms with Crippen molar-refractivity contribution in [2.75, 3.05) is 0 Å². The van der Waals surface area contributed by atoms with Crippen LogP contribution in [0.5, 0.6) is 5.75 Å². The third-order valence-corrected chi connectivity index (χ3v) is 6.85. The van der Waals surface area contributed by atoms with E-state index in [0.29, 0.717) is 47.5 Å². The van der Waals surface area contributed by atoms with E-state index in [-0.39, 0.29) is 11.4 Å². The highest BCUT2D eigenvalue weighted by atomic mass is 79.9. The number of rotatable bonds is 6. The second-order valence-electron chi connectivity index (χ2n) is 8.02. The van der Waals surface area contributed by atoms with Crippen molar-refractivity contribution in [3.8, 4) is 17.3 Å². The fourth-order valence-electron chi connectivity index (χ4n) is 3.63. The van der Waals surface area contributed by atoms with Gasteiger partial charge in [-0.2, -0.15) is 9.78 Å². The molecule has 0 aliphatic carbocycles. The Morgan fingerprint density at radius 1 is 1.16 bits per heavy atom. The van der Waals surface area contributed by atoms with E-state index in [1.165, 1.54) is 17.8 Å². The number of nitrogens with zero attached hydrogens (tertiary/aromatic N) is 3. The van der Waals surface area contributed by atoms with Gasteiger partial charge < -0.3 is 14.3 Å². The van der Waals surface area contributed by atoms with E-state index in [0.717, 1.165) is 5.39 Å². The van der Waals surface area contributed by atoms with E-state index in [1.807, 2.05) is 0 Å². The van der Waals surface area contributed by atoms with E-state index in [4.69, 9.17) is 25.9 Å². The van der Waals surface area contributed by atoms with Crippen LogP contribution in [0.3, 0.4) is 0 Å². The minimum absolute atomic E-state index is 0.223. The number of fused-ring (bicyclic) bond motifs is 2. The lowest BCUT2D eigenvalue weighted by Gasteiger charge is -2.14. The van der Waals surface area contributed by atoms with Crippen molar-refractivity contribution in [3.63, 3.8) is 0 Å². The lowest BCUT2D eigenvalue weighted by Crippen LogP contribution is -2.23. The SMILES string of the molecule is C[C@@H](Oc1c(Br)cc(C=Nn2c(-c3cc4cc(Cl)ccc4o3)nc3ccccc3c2=O)cc1Br)C(=O)O. The molecule has 0 unspecified atom stereocenters. The number of aromatic nitrogens is 2. The van der Waals surface area contributed by atoms with Gasteiger partial charge in [-0.3, -0.25) is 4.79 Å². The molecule has 0 aliphatic heterocycles. The van der Waals surface area contributed by atoms with Crippen molar-refractivity contribution in [1.29, 1.82) is 0 Å². The van der Waals surface area contributed by atoms with Crippen LogP contribution in [0.15, 0.2) is 83.9 Å². The number of aliphatic carboxylic acids is 1. The van der Waals surface area contributed by atoms with Gasteiger partial charge in [-0.25, -0.2) is 9.78 Å². The molecular formula is C26H16Br2ClN3O5. The van der Waals surface area contributed by atoms with Gasteiger partial charge in [0.15, 0.2) is 11.9 Å². The van der Waals surface area contributed by atoms with Gasteiger partial charge in [0.1, 0.15) is 11.3 Å². The Morgan fingerprint density at radius 2 is 1.89 bits per heavy atom. The highest BCUT2D eigenvalue weighted by molar-refractivity contribution is 9.11. The Bertz CT molecular complexity index is 1760. The lowest BCUT2D eigenvalue weighted by atomic mass is 10.2. The summed E-state index contributed by atoms with van der Waals surface area (Å²) < 4.78 is 13.7. The van der Waals surface area contributed by atoms with Crippen LogP contribution in [-0.4, -0.2) is 33.1 Å². The number of carboxylic acids is 1. The smallest absolute Gasteiger partial charge is 0.344 e. The fourth-order valence-corrected chi connectivity index (χ4v) is 5.22. The fraction of sp³-hybridized carbons (Fsp3) is 0.0769. The van der Waals surface area contributed by atoms with Gasteiger partial charge in [0.2, 0.25) is 5.82 Å². The van der Waals surface area contributed by atoms with Crippen molar-refractivity contribution in [2.45, 2.75) is 13.0 Å². The first-order chi connectivity index (χ1) is 17.7. The lowest BCUT2D eigenvalue weighted by molar-refractivity contribution is -0.144. The van der Waals surface area contributed by atoms with Gasteiger partial charge in [0.25, 0.3) is 5.56 Å². The summed E-state index contributed by atoms with van der Waals surface area (Å²) in [6.07, 6.45) is 0.441. The van der Waals surface area contributed by atoms with Gasteiger partial charge in [-0.15, -0.1) is 0 Å². The summed E-state index contributed by atoms with van der Waals surface area (Å²) >= 11 is 12.9. The predicted octanol–water partition coefficient (Wildman–Crippen LogP) is 6.72. The quantitative estimate of drug-likeness (QED) is 0.206. The van der Waals surface area contributed by atoms with Crippen molar-refractivity contribution < 1.29 is 19.1 Å². The van der Waals surface area contributed by atoms with E-state index in [2.05, 4.69) is 41.9 Å². The number of para-hydroxylation sites is 1. The zero-order chi connectivity index (χ0) is 26.3. The number of benzene rings is 3. The topological polar surface area (TPSA) is 107 Å². The summed E-state index contributed by atoms with van der Waals surface area (Å²) in [4.78, 5) is 29.3. The van der Waals surface area contributed by atoms with Crippen molar-refractivity contribution in [1.82, 2.24) is 9.66 Å². The van der Waals surface area contributed by atoms with Crippen LogP contribution in [0, 0.1) is 0 Å². The Kier molecular flexibility index (Phi) is 6.89. The highest BCUT2D eigenvalue weighted by Gasteiger charge is 2.19. The number of hydrogen-bond acceptors (Lipinski definition) is 6. The average Bonchev–Trinajstić information content (AvgIpc) is 3.28. The molecule has 0 saturated heterocycles. The zero-order valence-electron chi connectivity index (χ0n) is 19.0. The van der Waals surface area contributed by atoms with Crippen LogP contribution in [0.2, 0.25) is 5.02 Å². The molecule has 0 aliphatic rings. The molecule has 0 saturated carbocycles. The third kappa shape index (κ3) is 5.04. The van der Waals surface area contributed by atoms with Gasteiger partial charge in [0, 0.05) is 10.4 Å². The number of carboxylic acid groups (broad SMARTS) is 1. The van der Waals surface area contributed by atoms with E-state index < -0.39 is 12.1 Å². The number of halogens is 3. The Morgan fingerprint density at radius 3 is 2.62 bits per heavy atom. The molecule has 5 aromatic rings. The van der Waals surface area contributed by atoms with Crippen LogP contribution in [-0.2, 0) is 4.79 Å². The molecule has 2 heterocycles. The monoisotopic (exact) mass is 643 g/mol. The number of hydrogen-bond donors (Lipinski definition) is 1. The molecule has 1 N–H and O–H groups in total. The normalized spacial score (nSPS) is 12.4. The highest BCUT2D eigenvalue weighted by Crippen LogP contribution is 2.35. The molecule has 8 nitrogen and oxygen atoms in total. The van der Waals surface area contributed by atoms with Crippen LogP contribution >= 0.6 is 43.5 Å². The molecule has 0 amide bonds. The molecule has 0 fully saturated rings. The molecule has 186 valence electrons. The summed E-state index contributed by atoms with van der Waals surface area (Å²) in [6.45, 7) is 1.43. The summed E-state index contributed by atoms with van der Waals surface area (Å²) in [6, 6.07) is 17.4. The number of furan rings is 1. The second-order valence-corrected chi connectivity index (χ2v) is 10.2. The number of ether oxygens (including phenoxy) is 1. The molecule has 0 bridgehead atoms. The van der Waals surface area contributed by atoms with Gasteiger partial charge in [0.05, 0.1) is 26.1 Å². The zero-order valence-corrected chi connectivity index (χ0v) is 22.9. The van der Waals surface area contributed by atoms with E-state index in [9.17, 15) is 9.59 Å². The van der Waals surface area contributed by atoms with Gasteiger partial charge in [-0.1, -0.05) is 23.7 Å². The minimum atomic E-state index is -1.09. The maximum absolute atomic E-state index is 13.4. The summed E-state index contributed by atoms with van der Waals surface area (Å²) in [7, 11) is 0. The summed E-state index contributed by atoms with van der Waals surface area (Å²) in [5, 5.41) is 15.3. The molecule has 0 radical (unpaired) electrons. The second kappa shape index (κ2) is 10.1. The third-order valence-electron chi connectivity index (χ3n) is 5.44. The first kappa shape index (κ1) is 25.2. The minimum Gasteiger partial charge on any atom is -0.479 e. The Hall–Kier alpha value is -3.47. The van der Waals surface area contributed by atoms with Crippen molar-refractivity contribution in [2.24, 2.45) is 5.10 Å². The Balaban J connectivity index is 1.62. The van der Waals surface area contributed by atoms with Gasteiger partial charge in [-0.05, 0) is 92.9 Å². The van der Waals surface area contributed by atoms with Crippen LogP contribution < -0.4 is 10.3 Å². The maximum Gasteiger partial charge on any atom is 0.344 e. The first-order valence-electron chi connectivity index (χ1n) is 10.9. The van der Waals surface area contributed by atoms with E-state index >= 15 is 0 Å². The molecule has 1 atom stereocenters. The largest absolute Gasteiger partial charge is 0.479 e. The molecule has 11 heteroatoms. The molecule has 37 heavy (non-hydrogen) atoms. The summed E-state index contributed by atoms with van der Waals surface area (Å²) in [5.74, 6) is -0.183. The van der Waals surface area contributed by atoms with Crippen molar-refractivity contribution >= 4 is 77.5 Å². The first-order valence-corrected chi connectivity index (χ1v) is 12.8. The van der Waals surface area contributed by atoms with Crippen LogP contribution in [0.1, 0.15) is 12.5 Å². The van der Waals surface area contributed by atoms with Crippen LogP contribution in [0.25, 0.3) is 33.5 Å². The van der Waals surface area contributed by atoms with Gasteiger partial charge >= 0.3 is 5.97 Å². The molecule has 3 aromatic carbocycles. The van der Waals surface area contributed by atoms with Crippen LogP contribution in [0.4, 0.5) is 0 Å². The number of carbonyl (C=O) groups is 1. The standard InChI is InChI=1S/C26H16Br2ClN3O5/c1-13(26(34)35)36-23-18(27)8-14(9-19(23)28)12-30-32-24(31-20-5-3-2-4-17(20)25(32)33)22-11-15-10-16(29)6-7-21(15)37-22/h2-13H,1H3,(H,34,35)/t13-/m1/s1. The van der Waals surface area contributed by atoms with E-state index in [1.54, 1.807) is 60.7 Å². The molecule has 2 aromatic heterocycles. The maximum atomic E-state index is 13.4. The predicted molar refractivity (Wildman–Crippen MR) is 149 cm³/mol. The molecule has 5 rings (SSSR count). The molecule has 0 spiro atoms. The molecular weight excluding hydrogens is 630 g/mol.